The van der Waals surface area contributed by atoms with Crippen LogP contribution in [0.5, 0.6) is 0 Å². The minimum Gasteiger partial charge on any atom is -0.359 e. The van der Waals surface area contributed by atoms with E-state index >= 15 is 0 Å². The number of amides is 1. The number of rotatable bonds is 4. The molecule has 0 aromatic heterocycles. The predicted octanol–water partition coefficient (Wildman–Crippen LogP) is 4.77. The van der Waals surface area contributed by atoms with Gasteiger partial charge >= 0.3 is 0 Å². The molecule has 0 saturated carbocycles. The Morgan fingerprint density at radius 1 is 1.19 bits per heavy atom. The van der Waals surface area contributed by atoms with Gasteiger partial charge in [-0.3, -0.25) is 9.69 Å². The highest BCUT2D eigenvalue weighted by atomic mass is 19.1. The molecule has 0 spiro atoms. The van der Waals surface area contributed by atoms with Crippen LogP contribution in [0.2, 0.25) is 0 Å². The minimum atomic E-state index is -1.11. The summed E-state index contributed by atoms with van der Waals surface area (Å²) in [6.45, 7) is 10.2. The summed E-state index contributed by atoms with van der Waals surface area (Å²) in [4.78, 5) is 22.4. The first-order valence-electron chi connectivity index (χ1n) is 9.37. The van der Waals surface area contributed by atoms with Crippen molar-refractivity contribution in [3.05, 3.63) is 40.8 Å². The Labute approximate surface area is 158 Å². The molecule has 1 aromatic carbocycles. The molecule has 1 fully saturated rings. The van der Waals surface area contributed by atoms with Crippen molar-refractivity contribution in [1.82, 2.24) is 10.2 Å². The molecule has 1 aromatic rings. The fraction of sp³-hybridized carbons (Fsp3) is 0.650. The zero-order chi connectivity index (χ0) is 20.2. The third kappa shape index (κ3) is 14.5. The highest BCUT2D eigenvalue weighted by molar-refractivity contribution is 5.78. The van der Waals surface area contributed by atoms with Gasteiger partial charge in [0.05, 0.1) is 5.92 Å². The fourth-order valence-corrected chi connectivity index (χ4v) is 2.24. The van der Waals surface area contributed by atoms with Crippen molar-refractivity contribution in [2.24, 2.45) is 11.1 Å². The van der Waals surface area contributed by atoms with Gasteiger partial charge < -0.3 is 5.32 Å². The summed E-state index contributed by atoms with van der Waals surface area (Å²) < 4.78 is 10.2. The molecular weight excluding hydrogens is 333 g/mol. The van der Waals surface area contributed by atoms with Crippen LogP contribution in [0, 0.1) is 10.8 Å². The number of nitrogens with one attached hydrogen (secondary N) is 1. The Hall–Kier alpha value is -1.82. The van der Waals surface area contributed by atoms with Gasteiger partial charge in [-0.2, -0.15) is 0 Å². The summed E-state index contributed by atoms with van der Waals surface area (Å²) in [6.07, 6.45) is 3.48. The number of hydrogen-bond donors (Lipinski definition) is 1. The number of nitrogens with zero attached hydrogens (tertiary/aromatic N) is 2. The minimum absolute atomic E-state index is 0.175. The van der Waals surface area contributed by atoms with E-state index in [9.17, 15) is 9.18 Å². The van der Waals surface area contributed by atoms with Gasteiger partial charge in [0.1, 0.15) is 0 Å². The van der Waals surface area contributed by atoms with Gasteiger partial charge in [-0.1, -0.05) is 70.9 Å². The second-order valence-electron chi connectivity index (χ2n) is 5.98. The lowest BCUT2D eigenvalue weighted by Crippen LogP contribution is -2.30. The molecule has 26 heavy (non-hydrogen) atoms. The van der Waals surface area contributed by atoms with E-state index in [0.717, 1.165) is 26.1 Å². The lowest BCUT2D eigenvalue weighted by molar-refractivity contribution is -0.124. The van der Waals surface area contributed by atoms with Crippen LogP contribution in [-0.4, -0.2) is 37.7 Å². The summed E-state index contributed by atoms with van der Waals surface area (Å²) >= 11 is 0. The second kappa shape index (κ2) is 19.5. The number of likely N-dealkylation sites (tertiary alicyclic amines) is 1. The van der Waals surface area contributed by atoms with Crippen molar-refractivity contribution in [1.29, 1.82) is 0 Å². The van der Waals surface area contributed by atoms with Crippen LogP contribution < -0.4 is 5.32 Å². The SMILES string of the molecule is CCC.CCC.CNC(=O)[C@H]1CCN(Cc2ccccc2)C1.O=NCF. The van der Waals surface area contributed by atoms with Gasteiger partial charge in [0.25, 0.3) is 0 Å². The van der Waals surface area contributed by atoms with Crippen LogP contribution in [0.25, 0.3) is 0 Å². The van der Waals surface area contributed by atoms with Crippen LogP contribution in [0.4, 0.5) is 4.39 Å². The Balaban J connectivity index is 0. The normalized spacial score (nSPS) is 15.2. The molecule has 2 rings (SSSR count). The Morgan fingerprint density at radius 2 is 1.69 bits per heavy atom. The first-order chi connectivity index (χ1) is 12.5. The maximum Gasteiger partial charge on any atom is 0.224 e. The van der Waals surface area contributed by atoms with Gasteiger partial charge in [0.15, 0.2) is 0 Å². The van der Waals surface area contributed by atoms with Crippen LogP contribution >= 0.6 is 0 Å². The maximum absolute atomic E-state index is 11.5. The third-order valence-electron chi connectivity index (χ3n) is 3.19. The standard InChI is InChI=1S/C13H18N2O.2C3H8.CH2FNO/c1-14-13(16)12-7-8-15(10-12)9-11-5-3-2-4-6-11;2*1-3-2;2-1-3-4/h2-6,12H,7-10H2,1H3,(H,14,16);2*3H2,1-2H3;1H2/t12-;;;/m0.../s1. The smallest absolute Gasteiger partial charge is 0.224 e. The third-order valence-corrected chi connectivity index (χ3v) is 3.19. The van der Waals surface area contributed by atoms with Gasteiger partial charge in [0, 0.05) is 20.1 Å². The molecule has 1 heterocycles. The monoisotopic (exact) mass is 369 g/mol. The van der Waals surface area contributed by atoms with E-state index in [1.807, 2.05) is 11.2 Å². The molecule has 1 amide bonds. The molecule has 0 radical (unpaired) electrons. The average molecular weight is 370 g/mol. The largest absolute Gasteiger partial charge is 0.359 e. The predicted molar refractivity (Wildman–Crippen MR) is 108 cm³/mol. The van der Waals surface area contributed by atoms with Crippen molar-refractivity contribution in [3.63, 3.8) is 0 Å². The maximum atomic E-state index is 11.5. The number of nitroso groups, excluding NO2 is 1. The summed E-state index contributed by atoms with van der Waals surface area (Å²) in [6, 6.07) is 10.4. The topological polar surface area (TPSA) is 61.8 Å². The average Bonchev–Trinajstić information content (AvgIpc) is 3.12. The summed E-state index contributed by atoms with van der Waals surface area (Å²) in [5.74, 6) is 0.351. The molecule has 1 atom stereocenters. The van der Waals surface area contributed by atoms with Crippen molar-refractivity contribution >= 4 is 5.91 Å². The number of halogens is 1. The highest BCUT2D eigenvalue weighted by Crippen LogP contribution is 2.18. The van der Waals surface area contributed by atoms with E-state index in [1.165, 1.54) is 18.4 Å². The van der Waals surface area contributed by atoms with E-state index in [-0.39, 0.29) is 11.8 Å². The summed E-state index contributed by atoms with van der Waals surface area (Å²) in [5.41, 5.74) is 1.32. The Kier molecular flexibility index (Phi) is 19.8. The highest BCUT2D eigenvalue weighted by Gasteiger charge is 2.27. The number of benzene rings is 1. The lowest BCUT2D eigenvalue weighted by Gasteiger charge is -2.15. The molecule has 1 aliphatic heterocycles. The van der Waals surface area contributed by atoms with E-state index in [0.29, 0.717) is 0 Å². The molecule has 1 N–H and O–H groups in total. The van der Waals surface area contributed by atoms with E-state index in [1.54, 1.807) is 7.05 Å². The van der Waals surface area contributed by atoms with Crippen molar-refractivity contribution < 1.29 is 9.18 Å². The van der Waals surface area contributed by atoms with E-state index in [2.05, 4.69) is 62.2 Å². The quantitative estimate of drug-likeness (QED) is 0.614. The van der Waals surface area contributed by atoms with Crippen molar-refractivity contribution in [3.8, 4) is 0 Å². The van der Waals surface area contributed by atoms with Crippen LogP contribution in [0.15, 0.2) is 35.5 Å². The number of carbonyl (C=O) groups is 1. The molecule has 0 bridgehead atoms. The van der Waals surface area contributed by atoms with Gasteiger partial charge in [-0.25, -0.2) is 4.39 Å². The second-order valence-corrected chi connectivity index (χ2v) is 5.98. The number of hydrogen-bond acceptors (Lipinski definition) is 4. The fourth-order valence-electron chi connectivity index (χ4n) is 2.24. The first kappa shape index (κ1) is 26.4. The summed E-state index contributed by atoms with van der Waals surface area (Å²) in [7, 11) is 1.71. The molecule has 6 heteroatoms. The van der Waals surface area contributed by atoms with Gasteiger partial charge in [-0.05, 0) is 23.7 Å². The zero-order valence-electron chi connectivity index (χ0n) is 17.0. The van der Waals surface area contributed by atoms with Gasteiger partial charge in [0.2, 0.25) is 12.7 Å². The van der Waals surface area contributed by atoms with Crippen LogP contribution in [0.1, 0.15) is 52.5 Å². The molecule has 5 nitrogen and oxygen atoms in total. The van der Waals surface area contributed by atoms with Crippen LogP contribution in [0.3, 0.4) is 0 Å². The Morgan fingerprint density at radius 3 is 2.12 bits per heavy atom. The summed E-state index contributed by atoms with van der Waals surface area (Å²) in [5, 5.41) is 4.55. The van der Waals surface area contributed by atoms with Crippen LogP contribution in [-0.2, 0) is 11.3 Å². The van der Waals surface area contributed by atoms with E-state index in [4.69, 9.17) is 4.91 Å². The molecule has 0 unspecified atom stereocenters. The molecule has 1 aliphatic rings. The number of carbonyl (C=O) groups excluding carboxylic acids is 1. The van der Waals surface area contributed by atoms with Crippen molar-refractivity contribution in [2.75, 3.05) is 26.9 Å². The lowest BCUT2D eigenvalue weighted by atomic mass is 10.1. The van der Waals surface area contributed by atoms with Gasteiger partial charge in [-0.15, -0.1) is 4.91 Å². The molecule has 1 saturated heterocycles. The zero-order valence-corrected chi connectivity index (χ0v) is 17.0. The first-order valence-corrected chi connectivity index (χ1v) is 9.37. The van der Waals surface area contributed by atoms with E-state index < -0.39 is 6.80 Å². The molecule has 150 valence electrons. The van der Waals surface area contributed by atoms with Crippen molar-refractivity contribution in [2.45, 2.75) is 53.5 Å². The molecule has 0 aliphatic carbocycles. The molecular formula is C20H36FN3O2. The number of alkyl halides is 1. The Bertz CT molecular complexity index is 442.